The van der Waals surface area contributed by atoms with E-state index in [1.54, 1.807) is 24.3 Å². The number of furan rings is 1. The van der Waals surface area contributed by atoms with E-state index in [1.165, 1.54) is 12.3 Å². The Hall–Kier alpha value is -1.13. The van der Waals surface area contributed by atoms with Crippen LogP contribution in [0.5, 0.6) is 0 Å². The summed E-state index contributed by atoms with van der Waals surface area (Å²) in [6.07, 6.45) is 0.892. The maximum absolute atomic E-state index is 13.4. The third-order valence-corrected chi connectivity index (χ3v) is 2.78. The maximum atomic E-state index is 13.4. The van der Waals surface area contributed by atoms with Gasteiger partial charge in [0.2, 0.25) is 0 Å². The topological polar surface area (TPSA) is 33.4 Å². The van der Waals surface area contributed by atoms with Gasteiger partial charge in [0.25, 0.3) is 0 Å². The first-order valence-electron chi connectivity index (χ1n) is 4.82. The Balaban J connectivity index is 2.20. The van der Waals surface area contributed by atoms with Crippen molar-refractivity contribution in [1.82, 2.24) is 0 Å². The summed E-state index contributed by atoms with van der Waals surface area (Å²) in [4.78, 5) is 0. The average Bonchev–Trinajstić information content (AvgIpc) is 2.74. The Bertz CT molecular complexity index is 468. The number of hydrogen-bond donors (Lipinski definition) is 1. The van der Waals surface area contributed by atoms with Crippen molar-refractivity contribution in [2.75, 3.05) is 0 Å². The predicted molar refractivity (Wildman–Crippen MR) is 61.5 cm³/mol. The van der Waals surface area contributed by atoms with Crippen LogP contribution >= 0.6 is 15.9 Å². The van der Waals surface area contributed by atoms with Crippen LogP contribution in [0.15, 0.2) is 45.5 Å². The molecule has 0 aliphatic heterocycles. The highest BCUT2D eigenvalue weighted by atomic mass is 79.9. The van der Waals surface area contributed by atoms with E-state index < -0.39 is 11.9 Å². The summed E-state index contributed by atoms with van der Waals surface area (Å²) in [5.41, 5.74) is 0.269. The normalized spacial score (nSPS) is 12.7. The van der Waals surface area contributed by atoms with Crippen molar-refractivity contribution in [3.8, 4) is 0 Å². The van der Waals surface area contributed by atoms with Gasteiger partial charge in [0, 0.05) is 16.5 Å². The summed E-state index contributed by atoms with van der Waals surface area (Å²) in [5, 5.41) is 9.88. The molecule has 0 bridgehead atoms. The molecule has 1 aromatic carbocycles. The summed E-state index contributed by atoms with van der Waals surface area (Å²) < 4.78 is 19.3. The molecule has 1 unspecified atom stereocenters. The van der Waals surface area contributed by atoms with E-state index in [-0.39, 0.29) is 12.0 Å². The first-order valence-corrected chi connectivity index (χ1v) is 5.61. The van der Waals surface area contributed by atoms with Gasteiger partial charge < -0.3 is 9.52 Å². The molecule has 2 aromatic rings. The van der Waals surface area contributed by atoms with Crippen LogP contribution in [0.4, 0.5) is 4.39 Å². The molecule has 0 fully saturated rings. The van der Waals surface area contributed by atoms with Gasteiger partial charge in [-0.1, -0.05) is 15.9 Å². The van der Waals surface area contributed by atoms with Gasteiger partial charge in [0.1, 0.15) is 11.6 Å². The predicted octanol–water partition coefficient (Wildman–Crippen LogP) is 3.46. The van der Waals surface area contributed by atoms with Crippen LogP contribution in [0.2, 0.25) is 0 Å². The van der Waals surface area contributed by atoms with Crippen molar-refractivity contribution in [1.29, 1.82) is 0 Å². The minimum Gasteiger partial charge on any atom is -0.469 e. The Morgan fingerprint density at radius 1 is 1.38 bits per heavy atom. The molecule has 0 aliphatic rings. The number of aliphatic hydroxyl groups excluding tert-OH is 1. The molecule has 1 heterocycles. The van der Waals surface area contributed by atoms with Crippen molar-refractivity contribution in [3.63, 3.8) is 0 Å². The molecule has 0 saturated carbocycles. The standard InChI is InChI=1S/C12H10BrFO2/c13-8-3-4-11(14)10(6-8)12(15)7-9-2-1-5-16-9/h1-6,12,15H,7H2. The van der Waals surface area contributed by atoms with Gasteiger partial charge >= 0.3 is 0 Å². The lowest BCUT2D eigenvalue weighted by molar-refractivity contribution is 0.166. The first kappa shape index (κ1) is 11.4. The van der Waals surface area contributed by atoms with Crippen LogP contribution in [0.25, 0.3) is 0 Å². The number of rotatable bonds is 3. The van der Waals surface area contributed by atoms with E-state index in [4.69, 9.17) is 4.42 Å². The second-order valence-electron chi connectivity index (χ2n) is 3.47. The number of halogens is 2. The molecule has 16 heavy (non-hydrogen) atoms. The van der Waals surface area contributed by atoms with E-state index >= 15 is 0 Å². The van der Waals surface area contributed by atoms with Crippen molar-refractivity contribution in [3.05, 3.63) is 58.2 Å². The second kappa shape index (κ2) is 4.80. The zero-order valence-corrected chi connectivity index (χ0v) is 9.95. The van der Waals surface area contributed by atoms with E-state index in [2.05, 4.69) is 15.9 Å². The van der Waals surface area contributed by atoms with Gasteiger partial charge in [0.15, 0.2) is 0 Å². The van der Waals surface area contributed by atoms with Gasteiger partial charge in [0.05, 0.1) is 12.4 Å². The smallest absolute Gasteiger partial charge is 0.129 e. The number of benzene rings is 1. The lowest BCUT2D eigenvalue weighted by Gasteiger charge is -2.10. The lowest BCUT2D eigenvalue weighted by atomic mass is 10.1. The third-order valence-electron chi connectivity index (χ3n) is 2.29. The van der Waals surface area contributed by atoms with Gasteiger partial charge in [-0.2, -0.15) is 0 Å². The summed E-state index contributed by atoms with van der Waals surface area (Å²) in [6, 6.07) is 7.98. The quantitative estimate of drug-likeness (QED) is 0.937. The molecule has 0 aliphatic carbocycles. The van der Waals surface area contributed by atoms with Gasteiger partial charge in [-0.3, -0.25) is 0 Å². The van der Waals surface area contributed by atoms with E-state index in [9.17, 15) is 9.50 Å². The van der Waals surface area contributed by atoms with Crippen molar-refractivity contribution < 1.29 is 13.9 Å². The zero-order chi connectivity index (χ0) is 11.5. The fourth-order valence-electron chi connectivity index (χ4n) is 1.50. The largest absolute Gasteiger partial charge is 0.469 e. The monoisotopic (exact) mass is 284 g/mol. The second-order valence-corrected chi connectivity index (χ2v) is 4.38. The molecule has 1 N–H and O–H groups in total. The van der Waals surface area contributed by atoms with E-state index in [0.717, 1.165) is 4.47 Å². The minimum atomic E-state index is -0.899. The Morgan fingerprint density at radius 3 is 2.88 bits per heavy atom. The fraction of sp³-hybridized carbons (Fsp3) is 0.167. The highest BCUT2D eigenvalue weighted by Gasteiger charge is 2.15. The molecule has 2 rings (SSSR count). The Morgan fingerprint density at radius 2 is 2.19 bits per heavy atom. The van der Waals surface area contributed by atoms with Crippen LogP contribution in [0, 0.1) is 5.82 Å². The maximum Gasteiger partial charge on any atom is 0.129 e. The average molecular weight is 285 g/mol. The van der Waals surface area contributed by atoms with Gasteiger partial charge in [-0.05, 0) is 30.3 Å². The molecule has 4 heteroatoms. The first-order chi connectivity index (χ1) is 7.66. The minimum absolute atomic E-state index is 0.264. The molecular weight excluding hydrogens is 275 g/mol. The van der Waals surface area contributed by atoms with Crippen LogP contribution in [-0.2, 0) is 6.42 Å². The summed E-state index contributed by atoms with van der Waals surface area (Å²) in [7, 11) is 0. The summed E-state index contributed by atoms with van der Waals surface area (Å²) in [5.74, 6) is 0.217. The fourth-order valence-corrected chi connectivity index (χ4v) is 1.88. The highest BCUT2D eigenvalue weighted by Crippen LogP contribution is 2.24. The molecule has 0 amide bonds. The lowest BCUT2D eigenvalue weighted by Crippen LogP contribution is -2.03. The molecule has 1 aromatic heterocycles. The summed E-state index contributed by atoms with van der Waals surface area (Å²) >= 11 is 3.24. The van der Waals surface area contributed by atoms with Gasteiger partial charge in [-0.25, -0.2) is 4.39 Å². The third kappa shape index (κ3) is 2.51. The van der Waals surface area contributed by atoms with Crippen molar-refractivity contribution in [2.45, 2.75) is 12.5 Å². The zero-order valence-electron chi connectivity index (χ0n) is 8.36. The molecule has 0 spiro atoms. The molecule has 84 valence electrons. The molecule has 0 saturated heterocycles. The Kier molecular flexibility index (Phi) is 3.41. The van der Waals surface area contributed by atoms with Gasteiger partial charge in [-0.15, -0.1) is 0 Å². The van der Waals surface area contributed by atoms with E-state index in [1.807, 2.05) is 0 Å². The van der Waals surface area contributed by atoms with Crippen LogP contribution in [0.3, 0.4) is 0 Å². The number of aliphatic hydroxyl groups is 1. The van der Waals surface area contributed by atoms with Crippen LogP contribution in [-0.4, -0.2) is 5.11 Å². The van der Waals surface area contributed by atoms with E-state index in [0.29, 0.717) is 5.76 Å². The highest BCUT2D eigenvalue weighted by molar-refractivity contribution is 9.10. The Labute approximate surface area is 101 Å². The molecule has 1 atom stereocenters. The molecular formula is C12H10BrFO2. The molecule has 2 nitrogen and oxygen atoms in total. The SMILES string of the molecule is OC(Cc1ccco1)c1cc(Br)ccc1F. The van der Waals surface area contributed by atoms with Crippen LogP contribution in [0.1, 0.15) is 17.4 Å². The summed E-state index contributed by atoms with van der Waals surface area (Å²) in [6.45, 7) is 0. The van der Waals surface area contributed by atoms with Crippen molar-refractivity contribution >= 4 is 15.9 Å². The van der Waals surface area contributed by atoms with Crippen molar-refractivity contribution in [2.24, 2.45) is 0 Å². The number of hydrogen-bond acceptors (Lipinski definition) is 2. The molecule has 0 radical (unpaired) electrons. The van der Waals surface area contributed by atoms with Crippen LogP contribution < -0.4 is 0 Å².